The SMILES string of the molecule is COC1(C(=O)NC2CCN(c3cc(C)ccc3F)CC2)CCNCC1. The average molecular weight is 349 g/mol. The van der Waals surface area contributed by atoms with Crippen molar-refractivity contribution in [2.75, 3.05) is 38.2 Å². The molecule has 0 saturated carbocycles. The van der Waals surface area contributed by atoms with Crippen molar-refractivity contribution in [2.45, 2.75) is 44.2 Å². The van der Waals surface area contributed by atoms with E-state index in [9.17, 15) is 9.18 Å². The van der Waals surface area contributed by atoms with Gasteiger partial charge in [0.25, 0.3) is 5.91 Å². The normalized spacial score (nSPS) is 21.2. The van der Waals surface area contributed by atoms with Crippen LogP contribution in [0.4, 0.5) is 10.1 Å². The highest BCUT2D eigenvalue weighted by atomic mass is 19.1. The van der Waals surface area contributed by atoms with E-state index in [1.165, 1.54) is 6.07 Å². The number of anilines is 1. The van der Waals surface area contributed by atoms with Crippen LogP contribution in [0.15, 0.2) is 18.2 Å². The van der Waals surface area contributed by atoms with Gasteiger partial charge < -0.3 is 20.3 Å². The first kappa shape index (κ1) is 18.1. The van der Waals surface area contributed by atoms with Gasteiger partial charge in [0.05, 0.1) is 5.69 Å². The number of nitrogens with one attached hydrogen (secondary N) is 2. The average Bonchev–Trinajstić information content (AvgIpc) is 2.65. The first-order chi connectivity index (χ1) is 12.0. The number of carbonyl (C=O) groups is 1. The highest BCUT2D eigenvalue weighted by molar-refractivity contribution is 5.85. The van der Waals surface area contributed by atoms with Crippen molar-refractivity contribution >= 4 is 11.6 Å². The van der Waals surface area contributed by atoms with Crippen LogP contribution >= 0.6 is 0 Å². The summed E-state index contributed by atoms with van der Waals surface area (Å²) in [7, 11) is 1.62. The number of methoxy groups -OCH3 is 1. The molecule has 1 amide bonds. The minimum Gasteiger partial charge on any atom is -0.369 e. The summed E-state index contributed by atoms with van der Waals surface area (Å²) in [4.78, 5) is 14.8. The Labute approximate surface area is 148 Å². The zero-order valence-corrected chi connectivity index (χ0v) is 15.1. The van der Waals surface area contributed by atoms with Crippen molar-refractivity contribution < 1.29 is 13.9 Å². The Morgan fingerprint density at radius 3 is 2.64 bits per heavy atom. The highest BCUT2D eigenvalue weighted by Gasteiger charge is 2.40. The van der Waals surface area contributed by atoms with Gasteiger partial charge in [0, 0.05) is 26.2 Å². The Kier molecular flexibility index (Phi) is 5.59. The van der Waals surface area contributed by atoms with Gasteiger partial charge in [-0.25, -0.2) is 4.39 Å². The van der Waals surface area contributed by atoms with Gasteiger partial charge in [0.1, 0.15) is 11.4 Å². The number of benzene rings is 1. The summed E-state index contributed by atoms with van der Waals surface area (Å²) in [6.07, 6.45) is 3.03. The minimum absolute atomic E-state index is 0.00307. The van der Waals surface area contributed by atoms with Crippen molar-refractivity contribution in [2.24, 2.45) is 0 Å². The molecule has 2 aliphatic rings. The highest BCUT2D eigenvalue weighted by Crippen LogP contribution is 2.26. The fourth-order valence-electron chi connectivity index (χ4n) is 3.80. The number of hydrogen-bond acceptors (Lipinski definition) is 4. The minimum atomic E-state index is -0.703. The van der Waals surface area contributed by atoms with E-state index in [1.54, 1.807) is 13.2 Å². The fraction of sp³-hybridized carbons (Fsp3) is 0.632. The molecule has 2 heterocycles. The summed E-state index contributed by atoms with van der Waals surface area (Å²) in [6.45, 7) is 5.05. The number of rotatable bonds is 4. The van der Waals surface area contributed by atoms with E-state index in [4.69, 9.17) is 4.74 Å². The molecule has 2 fully saturated rings. The van der Waals surface area contributed by atoms with Crippen molar-refractivity contribution in [3.63, 3.8) is 0 Å². The lowest BCUT2D eigenvalue weighted by molar-refractivity contribution is -0.147. The maximum Gasteiger partial charge on any atom is 0.252 e. The Bertz CT molecular complexity index is 609. The number of nitrogens with zero attached hydrogens (tertiary/aromatic N) is 1. The number of amides is 1. The summed E-state index contributed by atoms with van der Waals surface area (Å²) in [5, 5.41) is 6.43. The lowest BCUT2D eigenvalue weighted by Crippen LogP contribution is -2.57. The molecule has 0 aromatic heterocycles. The van der Waals surface area contributed by atoms with Gasteiger partial charge in [-0.15, -0.1) is 0 Å². The molecule has 25 heavy (non-hydrogen) atoms. The first-order valence-electron chi connectivity index (χ1n) is 9.12. The predicted octanol–water partition coefficient (Wildman–Crippen LogP) is 1.99. The van der Waals surface area contributed by atoms with Crippen molar-refractivity contribution in [3.05, 3.63) is 29.6 Å². The second kappa shape index (κ2) is 7.70. The fourth-order valence-corrected chi connectivity index (χ4v) is 3.80. The van der Waals surface area contributed by atoms with Gasteiger partial charge in [0.2, 0.25) is 0 Å². The maximum atomic E-state index is 14.1. The molecule has 138 valence electrons. The molecule has 2 N–H and O–H groups in total. The van der Waals surface area contributed by atoms with Crippen LogP contribution in [0.5, 0.6) is 0 Å². The Balaban J connectivity index is 1.57. The molecule has 1 aromatic rings. The predicted molar refractivity (Wildman–Crippen MR) is 96.4 cm³/mol. The molecule has 0 bridgehead atoms. The van der Waals surface area contributed by atoms with Crippen LogP contribution < -0.4 is 15.5 Å². The van der Waals surface area contributed by atoms with Gasteiger partial charge in [-0.2, -0.15) is 0 Å². The van der Waals surface area contributed by atoms with E-state index in [0.717, 1.165) is 44.6 Å². The van der Waals surface area contributed by atoms with Crippen LogP contribution in [0.25, 0.3) is 0 Å². The zero-order chi connectivity index (χ0) is 17.9. The molecule has 0 radical (unpaired) electrons. The third-order valence-electron chi connectivity index (χ3n) is 5.49. The third kappa shape index (κ3) is 3.96. The monoisotopic (exact) mass is 349 g/mol. The molecule has 6 heteroatoms. The molecule has 2 saturated heterocycles. The van der Waals surface area contributed by atoms with Crippen LogP contribution in [0.2, 0.25) is 0 Å². The van der Waals surface area contributed by atoms with Gasteiger partial charge >= 0.3 is 0 Å². The first-order valence-corrected chi connectivity index (χ1v) is 9.12. The summed E-state index contributed by atoms with van der Waals surface area (Å²) >= 11 is 0. The molecular weight excluding hydrogens is 321 g/mol. The molecule has 5 nitrogen and oxygen atoms in total. The van der Waals surface area contributed by atoms with E-state index >= 15 is 0 Å². The Morgan fingerprint density at radius 2 is 2.00 bits per heavy atom. The number of piperidine rings is 2. The maximum absolute atomic E-state index is 14.1. The van der Waals surface area contributed by atoms with Crippen LogP contribution in [0.1, 0.15) is 31.2 Å². The zero-order valence-electron chi connectivity index (χ0n) is 15.1. The summed E-state index contributed by atoms with van der Waals surface area (Å²) < 4.78 is 19.7. The second-order valence-corrected chi connectivity index (χ2v) is 7.14. The smallest absolute Gasteiger partial charge is 0.252 e. The van der Waals surface area contributed by atoms with Gasteiger partial charge in [-0.1, -0.05) is 6.07 Å². The number of hydrogen-bond donors (Lipinski definition) is 2. The van der Waals surface area contributed by atoms with Crippen LogP contribution in [-0.4, -0.2) is 50.8 Å². The molecule has 0 aliphatic carbocycles. The van der Waals surface area contributed by atoms with Gasteiger partial charge in [-0.05, 0) is 63.4 Å². The van der Waals surface area contributed by atoms with Crippen LogP contribution in [0.3, 0.4) is 0 Å². The van der Waals surface area contributed by atoms with E-state index in [1.807, 2.05) is 13.0 Å². The third-order valence-corrected chi connectivity index (χ3v) is 5.49. The number of halogens is 1. The van der Waals surface area contributed by atoms with Crippen LogP contribution in [0, 0.1) is 12.7 Å². The molecular formula is C19H28FN3O2. The number of ether oxygens (including phenoxy) is 1. The molecule has 0 unspecified atom stereocenters. The number of carbonyl (C=O) groups excluding carboxylic acids is 1. The molecule has 3 rings (SSSR count). The summed E-state index contributed by atoms with van der Waals surface area (Å²) in [5.41, 5.74) is 1.02. The topological polar surface area (TPSA) is 53.6 Å². The molecule has 0 spiro atoms. The summed E-state index contributed by atoms with van der Waals surface area (Å²) in [5.74, 6) is -0.183. The van der Waals surface area contributed by atoms with E-state index in [2.05, 4.69) is 15.5 Å². The van der Waals surface area contributed by atoms with Crippen molar-refractivity contribution in [3.8, 4) is 0 Å². The standard InChI is InChI=1S/C19H28FN3O2/c1-14-3-4-16(20)17(13-14)23-11-5-15(6-12-23)22-18(24)19(25-2)7-9-21-10-8-19/h3-4,13,15,21H,5-12H2,1-2H3,(H,22,24). The van der Waals surface area contributed by atoms with E-state index < -0.39 is 5.60 Å². The van der Waals surface area contributed by atoms with Gasteiger partial charge in [-0.3, -0.25) is 4.79 Å². The van der Waals surface area contributed by atoms with E-state index in [0.29, 0.717) is 18.5 Å². The van der Waals surface area contributed by atoms with Crippen LogP contribution in [-0.2, 0) is 9.53 Å². The molecule has 2 aliphatic heterocycles. The number of aryl methyl sites for hydroxylation is 1. The Hall–Kier alpha value is -1.66. The molecule has 1 aromatic carbocycles. The van der Waals surface area contributed by atoms with Crippen molar-refractivity contribution in [1.29, 1.82) is 0 Å². The van der Waals surface area contributed by atoms with Gasteiger partial charge in [0.15, 0.2) is 0 Å². The molecule has 0 atom stereocenters. The summed E-state index contributed by atoms with van der Waals surface area (Å²) in [6, 6.07) is 5.33. The Morgan fingerprint density at radius 1 is 1.32 bits per heavy atom. The second-order valence-electron chi connectivity index (χ2n) is 7.14. The lowest BCUT2D eigenvalue weighted by Gasteiger charge is -2.38. The van der Waals surface area contributed by atoms with E-state index in [-0.39, 0.29) is 17.8 Å². The largest absolute Gasteiger partial charge is 0.369 e. The quantitative estimate of drug-likeness (QED) is 0.873. The van der Waals surface area contributed by atoms with Crippen molar-refractivity contribution in [1.82, 2.24) is 10.6 Å². The lowest BCUT2D eigenvalue weighted by atomic mass is 9.90.